The molecule has 0 aliphatic rings. The van der Waals surface area contributed by atoms with Gasteiger partial charge in [-0.05, 0) is 17.7 Å². The third kappa shape index (κ3) is 6.22. The summed E-state index contributed by atoms with van der Waals surface area (Å²) >= 11 is 22.9. The highest BCUT2D eigenvalue weighted by Crippen LogP contribution is 2.52. The lowest BCUT2D eigenvalue weighted by molar-refractivity contribution is 0.221. The molecule has 1 aromatic rings. The molecule has 108 valence electrons. The summed E-state index contributed by atoms with van der Waals surface area (Å²) in [5.41, 5.74) is 0.638. The SMILES string of the molecule is O=P(Cc1ccc(Cl)cc1Cl)(OCCCl)OCCCl. The smallest absolute Gasteiger partial charge is 0.307 e. The van der Waals surface area contributed by atoms with Gasteiger partial charge in [0.2, 0.25) is 0 Å². The van der Waals surface area contributed by atoms with E-state index in [1.54, 1.807) is 18.2 Å². The Labute approximate surface area is 132 Å². The van der Waals surface area contributed by atoms with Gasteiger partial charge in [-0.15, -0.1) is 23.2 Å². The highest BCUT2D eigenvalue weighted by molar-refractivity contribution is 7.53. The number of alkyl halides is 2. The van der Waals surface area contributed by atoms with E-state index in [2.05, 4.69) is 0 Å². The van der Waals surface area contributed by atoms with Crippen LogP contribution >= 0.6 is 54.0 Å². The van der Waals surface area contributed by atoms with Crippen molar-refractivity contribution in [1.82, 2.24) is 0 Å². The maximum atomic E-state index is 12.5. The van der Waals surface area contributed by atoms with E-state index in [4.69, 9.17) is 55.5 Å². The van der Waals surface area contributed by atoms with Gasteiger partial charge in [0.1, 0.15) is 0 Å². The van der Waals surface area contributed by atoms with Gasteiger partial charge in [-0.1, -0.05) is 29.3 Å². The van der Waals surface area contributed by atoms with Gasteiger partial charge >= 0.3 is 7.60 Å². The van der Waals surface area contributed by atoms with E-state index in [1.165, 1.54) is 0 Å². The molecule has 8 heteroatoms. The summed E-state index contributed by atoms with van der Waals surface area (Å²) in [5.74, 6) is 0.450. The van der Waals surface area contributed by atoms with Gasteiger partial charge in [-0.25, -0.2) is 0 Å². The lowest BCUT2D eigenvalue weighted by Gasteiger charge is -2.18. The molecule has 0 fully saturated rings. The molecule has 0 amide bonds. The van der Waals surface area contributed by atoms with Gasteiger partial charge in [0.25, 0.3) is 0 Å². The van der Waals surface area contributed by atoms with Crippen molar-refractivity contribution in [1.29, 1.82) is 0 Å². The highest BCUT2D eigenvalue weighted by Gasteiger charge is 2.26. The summed E-state index contributed by atoms with van der Waals surface area (Å²) in [6.45, 7) is 0.263. The van der Waals surface area contributed by atoms with E-state index in [9.17, 15) is 4.57 Å². The summed E-state index contributed by atoms with van der Waals surface area (Å²) in [7, 11) is -3.31. The van der Waals surface area contributed by atoms with Crippen LogP contribution in [-0.2, 0) is 19.8 Å². The van der Waals surface area contributed by atoms with Crippen LogP contribution in [0, 0.1) is 0 Å². The van der Waals surface area contributed by atoms with Crippen molar-refractivity contribution in [2.24, 2.45) is 0 Å². The second-order valence-electron chi connectivity index (χ2n) is 3.55. The molecule has 0 unspecified atom stereocenters. The lowest BCUT2D eigenvalue weighted by Crippen LogP contribution is -2.03. The first-order valence-electron chi connectivity index (χ1n) is 5.45. The molecule has 0 saturated carbocycles. The van der Waals surface area contributed by atoms with Crippen molar-refractivity contribution in [3.63, 3.8) is 0 Å². The second-order valence-corrected chi connectivity index (χ2v) is 7.20. The van der Waals surface area contributed by atoms with Gasteiger partial charge < -0.3 is 9.05 Å². The van der Waals surface area contributed by atoms with Crippen molar-refractivity contribution < 1.29 is 13.6 Å². The monoisotopic (exact) mass is 364 g/mol. The first kappa shape index (κ1) is 17.6. The first-order valence-corrected chi connectivity index (χ1v) is 9.00. The summed E-state index contributed by atoms with van der Waals surface area (Å²) in [4.78, 5) is 0. The van der Waals surface area contributed by atoms with Gasteiger partial charge in [0, 0.05) is 21.8 Å². The van der Waals surface area contributed by atoms with E-state index >= 15 is 0 Å². The van der Waals surface area contributed by atoms with E-state index in [1.807, 2.05) is 0 Å². The fourth-order valence-corrected chi connectivity index (χ4v) is 3.96. The highest BCUT2D eigenvalue weighted by atomic mass is 35.5. The van der Waals surface area contributed by atoms with E-state index in [0.29, 0.717) is 15.6 Å². The maximum absolute atomic E-state index is 12.5. The zero-order valence-electron chi connectivity index (χ0n) is 9.95. The molecule has 0 atom stereocenters. The number of rotatable bonds is 8. The van der Waals surface area contributed by atoms with Gasteiger partial charge in [-0.2, -0.15) is 0 Å². The lowest BCUT2D eigenvalue weighted by atomic mass is 10.2. The van der Waals surface area contributed by atoms with Crippen molar-refractivity contribution in [3.8, 4) is 0 Å². The largest absolute Gasteiger partial charge is 0.335 e. The summed E-state index contributed by atoms with van der Waals surface area (Å²) in [5, 5.41) is 0.920. The summed E-state index contributed by atoms with van der Waals surface area (Å²) < 4.78 is 22.9. The van der Waals surface area contributed by atoms with Crippen LogP contribution in [0.5, 0.6) is 0 Å². The minimum Gasteiger partial charge on any atom is -0.307 e. The molecule has 0 heterocycles. The number of hydrogen-bond donors (Lipinski definition) is 0. The fourth-order valence-electron chi connectivity index (χ4n) is 1.33. The normalized spacial score (nSPS) is 11.8. The molecule has 0 N–H and O–H groups in total. The van der Waals surface area contributed by atoms with Crippen molar-refractivity contribution >= 4 is 54.0 Å². The topological polar surface area (TPSA) is 35.5 Å². The van der Waals surface area contributed by atoms with Crippen LogP contribution in [0.1, 0.15) is 5.56 Å². The van der Waals surface area contributed by atoms with Gasteiger partial charge in [0.15, 0.2) is 0 Å². The Morgan fingerprint density at radius 1 is 1.05 bits per heavy atom. The van der Waals surface area contributed by atoms with Crippen LogP contribution in [0.3, 0.4) is 0 Å². The Morgan fingerprint density at radius 3 is 2.11 bits per heavy atom. The van der Waals surface area contributed by atoms with Crippen molar-refractivity contribution in [2.45, 2.75) is 6.16 Å². The average Bonchev–Trinajstić information content (AvgIpc) is 2.38. The molecule has 0 spiro atoms. The van der Waals surface area contributed by atoms with Crippen LogP contribution in [-0.4, -0.2) is 25.0 Å². The molecule has 19 heavy (non-hydrogen) atoms. The van der Waals surface area contributed by atoms with Crippen LogP contribution in [0.4, 0.5) is 0 Å². The quantitative estimate of drug-likeness (QED) is 0.469. The molecular formula is C11H13Cl4O3P. The third-order valence-electron chi connectivity index (χ3n) is 2.11. The third-order valence-corrected chi connectivity index (χ3v) is 4.88. The molecule has 1 rings (SSSR count). The molecule has 1 aromatic carbocycles. The summed E-state index contributed by atoms with van der Waals surface area (Å²) in [6.07, 6.45) is 0.0524. The number of benzene rings is 1. The number of halogens is 4. The Morgan fingerprint density at radius 2 is 1.63 bits per heavy atom. The van der Waals surface area contributed by atoms with Crippen LogP contribution in [0.2, 0.25) is 10.0 Å². The Bertz CT molecular complexity index is 444. The standard InChI is InChI=1S/C11H13Cl4O3P/c12-3-5-17-19(16,18-6-4-13)8-9-1-2-10(14)7-11(9)15/h1-2,7H,3-6,8H2. The van der Waals surface area contributed by atoms with E-state index in [0.717, 1.165) is 0 Å². The minimum atomic E-state index is -3.31. The first-order chi connectivity index (χ1) is 9.00. The van der Waals surface area contributed by atoms with Crippen molar-refractivity contribution in [2.75, 3.05) is 25.0 Å². The molecule has 0 aromatic heterocycles. The average molecular weight is 366 g/mol. The molecule has 0 aliphatic heterocycles. The van der Waals surface area contributed by atoms with E-state index in [-0.39, 0.29) is 31.1 Å². The number of hydrogen-bond acceptors (Lipinski definition) is 3. The molecule has 0 aliphatic carbocycles. The molecule has 3 nitrogen and oxygen atoms in total. The Hall–Kier alpha value is 0.530. The van der Waals surface area contributed by atoms with Crippen molar-refractivity contribution in [3.05, 3.63) is 33.8 Å². The second kappa shape index (κ2) is 8.74. The molecule has 0 radical (unpaired) electrons. The summed E-state index contributed by atoms with van der Waals surface area (Å²) in [6, 6.07) is 4.92. The predicted molar refractivity (Wildman–Crippen MR) is 81.1 cm³/mol. The Balaban J connectivity index is 2.83. The van der Waals surface area contributed by atoms with E-state index < -0.39 is 7.60 Å². The van der Waals surface area contributed by atoms with Gasteiger partial charge in [0.05, 0.1) is 19.4 Å². The zero-order valence-corrected chi connectivity index (χ0v) is 13.9. The van der Waals surface area contributed by atoms with Crippen LogP contribution in [0.15, 0.2) is 18.2 Å². The molecule has 0 saturated heterocycles. The molecule has 0 bridgehead atoms. The minimum absolute atomic E-state index is 0.0524. The predicted octanol–water partition coefficient (Wildman–Crippen LogP) is 5.20. The van der Waals surface area contributed by atoms with Crippen LogP contribution in [0.25, 0.3) is 0 Å². The maximum Gasteiger partial charge on any atom is 0.335 e. The Kier molecular flexibility index (Phi) is 8.08. The zero-order chi connectivity index (χ0) is 14.3. The fraction of sp³-hybridized carbons (Fsp3) is 0.455. The van der Waals surface area contributed by atoms with Gasteiger partial charge in [-0.3, -0.25) is 4.57 Å². The van der Waals surface area contributed by atoms with Crippen LogP contribution < -0.4 is 0 Å². The molecular weight excluding hydrogens is 353 g/mol.